The number of hydrogen-bond donors (Lipinski definition) is 2. The molecule has 0 radical (unpaired) electrons. The Morgan fingerprint density at radius 3 is 1.41 bits per heavy atom. The number of rotatable bonds is 8. The van der Waals surface area contributed by atoms with Crippen molar-refractivity contribution in [3.8, 4) is 11.5 Å². The van der Waals surface area contributed by atoms with Crippen LogP contribution in [-0.2, 0) is 13.2 Å². The van der Waals surface area contributed by atoms with Crippen LogP contribution in [0.1, 0.15) is 22.3 Å². The van der Waals surface area contributed by atoms with Crippen molar-refractivity contribution in [1.29, 1.82) is 0 Å². The summed E-state index contributed by atoms with van der Waals surface area (Å²) >= 11 is 0. The Kier molecular flexibility index (Phi) is 6.01. The second kappa shape index (κ2) is 9.56. The fraction of sp³-hybridized carbons (Fsp3) is 0.231. The molecular formula is C26H26N4O2. The van der Waals surface area contributed by atoms with E-state index in [0.717, 1.165) is 71.6 Å². The molecule has 0 aliphatic carbocycles. The van der Waals surface area contributed by atoms with E-state index in [2.05, 4.69) is 32.8 Å². The van der Waals surface area contributed by atoms with E-state index < -0.39 is 0 Å². The first-order valence-corrected chi connectivity index (χ1v) is 10.9. The van der Waals surface area contributed by atoms with Crippen LogP contribution in [0.15, 0.2) is 82.8 Å². The molecule has 2 aliphatic rings. The van der Waals surface area contributed by atoms with Crippen molar-refractivity contribution in [3.63, 3.8) is 0 Å². The lowest BCUT2D eigenvalue weighted by Crippen LogP contribution is -2.19. The SMILES string of the molecule is c1ccc(COc2ccc(C3=NCCN3)cc2)c(COc2ccc(C3=NCCN3)cc2)c1. The van der Waals surface area contributed by atoms with Crippen molar-refractivity contribution < 1.29 is 9.47 Å². The summed E-state index contributed by atoms with van der Waals surface area (Å²) in [5, 5.41) is 6.58. The van der Waals surface area contributed by atoms with Gasteiger partial charge in [-0.25, -0.2) is 0 Å². The van der Waals surface area contributed by atoms with E-state index in [9.17, 15) is 0 Å². The molecule has 0 saturated heterocycles. The van der Waals surface area contributed by atoms with Crippen LogP contribution in [-0.4, -0.2) is 37.9 Å². The van der Waals surface area contributed by atoms with E-state index in [4.69, 9.17) is 9.47 Å². The summed E-state index contributed by atoms with van der Waals surface area (Å²) in [6.07, 6.45) is 0. The highest BCUT2D eigenvalue weighted by molar-refractivity contribution is 6.00. The molecule has 2 N–H and O–H groups in total. The first-order chi connectivity index (χ1) is 15.8. The summed E-state index contributed by atoms with van der Waals surface area (Å²) in [5.74, 6) is 3.59. The lowest BCUT2D eigenvalue weighted by Gasteiger charge is -2.13. The van der Waals surface area contributed by atoms with Crippen LogP contribution < -0.4 is 20.1 Å². The fourth-order valence-corrected chi connectivity index (χ4v) is 3.76. The molecule has 5 rings (SSSR count). The van der Waals surface area contributed by atoms with Gasteiger partial charge in [-0.05, 0) is 59.7 Å². The third kappa shape index (κ3) is 4.75. The second-order valence-electron chi connectivity index (χ2n) is 7.71. The lowest BCUT2D eigenvalue weighted by atomic mass is 10.1. The lowest BCUT2D eigenvalue weighted by molar-refractivity contribution is 0.285. The summed E-state index contributed by atoms with van der Waals surface area (Å²) in [6.45, 7) is 4.46. The van der Waals surface area contributed by atoms with E-state index in [1.807, 2.05) is 60.7 Å². The smallest absolute Gasteiger partial charge is 0.128 e. The van der Waals surface area contributed by atoms with Crippen LogP contribution in [0.3, 0.4) is 0 Å². The average Bonchev–Trinajstić information content (AvgIpc) is 3.58. The minimum absolute atomic E-state index is 0.489. The maximum absolute atomic E-state index is 6.04. The topological polar surface area (TPSA) is 67.2 Å². The van der Waals surface area contributed by atoms with Crippen molar-refractivity contribution in [1.82, 2.24) is 10.6 Å². The Hall–Kier alpha value is -3.80. The van der Waals surface area contributed by atoms with E-state index in [1.165, 1.54) is 0 Å². The molecule has 0 fully saturated rings. The van der Waals surface area contributed by atoms with Gasteiger partial charge in [0, 0.05) is 24.2 Å². The molecule has 0 aromatic heterocycles. The first-order valence-electron chi connectivity index (χ1n) is 10.9. The van der Waals surface area contributed by atoms with Crippen molar-refractivity contribution in [2.24, 2.45) is 9.98 Å². The van der Waals surface area contributed by atoms with Crippen molar-refractivity contribution in [2.75, 3.05) is 26.2 Å². The molecule has 0 spiro atoms. The maximum Gasteiger partial charge on any atom is 0.128 e. The van der Waals surface area contributed by atoms with Crippen LogP contribution in [0.5, 0.6) is 11.5 Å². The molecule has 6 nitrogen and oxygen atoms in total. The first kappa shape index (κ1) is 20.1. The van der Waals surface area contributed by atoms with Gasteiger partial charge in [-0.1, -0.05) is 24.3 Å². The number of nitrogens with one attached hydrogen (secondary N) is 2. The van der Waals surface area contributed by atoms with E-state index in [-0.39, 0.29) is 0 Å². The maximum atomic E-state index is 6.04. The molecule has 0 atom stereocenters. The van der Waals surface area contributed by atoms with E-state index in [1.54, 1.807) is 0 Å². The third-order valence-corrected chi connectivity index (χ3v) is 5.51. The molecule has 2 aliphatic heterocycles. The number of amidine groups is 2. The van der Waals surface area contributed by atoms with Crippen molar-refractivity contribution in [3.05, 3.63) is 95.1 Å². The Balaban J connectivity index is 1.18. The summed E-state index contributed by atoms with van der Waals surface area (Å²) in [4.78, 5) is 8.91. The van der Waals surface area contributed by atoms with Crippen molar-refractivity contribution >= 4 is 11.7 Å². The zero-order chi connectivity index (χ0) is 21.6. The normalized spacial score (nSPS) is 14.9. The number of ether oxygens (including phenoxy) is 2. The van der Waals surface area contributed by atoms with Crippen LogP contribution in [0, 0.1) is 0 Å². The van der Waals surface area contributed by atoms with Gasteiger partial charge in [0.1, 0.15) is 36.4 Å². The molecule has 3 aromatic carbocycles. The minimum atomic E-state index is 0.489. The van der Waals surface area contributed by atoms with Gasteiger partial charge in [0.15, 0.2) is 0 Å². The third-order valence-electron chi connectivity index (χ3n) is 5.51. The van der Waals surface area contributed by atoms with Gasteiger partial charge in [0.2, 0.25) is 0 Å². The summed E-state index contributed by atoms with van der Waals surface area (Å²) in [5.41, 5.74) is 4.40. The number of hydrogen-bond acceptors (Lipinski definition) is 6. The number of benzene rings is 3. The van der Waals surface area contributed by atoms with Crippen LogP contribution >= 0.6 is 0 Å². The Morgan fingerprint density at radius 2 is 1.03 bits per heavy atom. The molecule has 0 bridgehead atoms. The molecule has 162 valence electrons. The Morgan fingerprint density at radius 1 is 0.594 bits per heavy atom. The monoisotopic (exact) mass is 426 g/mol. The van der Waals surface area contributed by atoms with Gasteiger partial charge in [-0.2, -0.15) is 0 Å². The van der Waals surface area contributed by atoms with Gasteiger partial charge < -0.3 is 20.1 Å². The summed E-state index contributed by atoms with van der Waals surface area (Å²) in [7, 11) is 0. The molecule has 0 amide bonds. The minimum Gasteiger partial charge on any atom is -0.489 e. The largest absolute Gasteiger partial charge is 0.489 e. The molecule has 3 aromatic rings. The van der Waals surface area contributed by atoms with Crippen LogP contribution in [0.4, 0.5) is 0 Å². The molecule has 0 saturated carbocycles. The Labute approximate surface area is 188 Å². The highest BCUT2D eigenvalue weighted by Gasteiger charge is 2.10. The summed E-state index contributed by atoms with van der Waals surface area (Å²) < 4.78 is 12.1. The fourth-order valence-electron chi connectivity index (χ4n) is 3.76. The average molecular weight is 427 g/mol. The number of nitrogens with zero attached hydrogens (tertiary/aromatic N) is 2. The van der Waals surface area contributed by atoms with Crippen LogP contribution in [0.2, 0.25) is 0 Å². The Bertz CT molecular complexity index is 1030. The quantitative estimate of drug-likeness (QED) is 0.578. The summed E-state index contributed by atoms with van der Waals surface area (Å²) in [6, 6.07) is 24.3. The predicted octanol–water partition coefficient (Wildman–Crippen LogP) is 3.54. The molecule has 32 heavy (non-hydrogen) atoms. The zero-order valence-corrected chi connectivity index (χ0v) is 17.9. The van der Waals surface area contributed by atoms with Gasteiger partial charge in [0.05, 0.1) is 13.1 Å². The number of aliphatic imine (C=N–C) groups is 2. The van der Waals surface area contributed by atoms with Crippen LogP contribution in [0.25, 0.3) is 0 Å². The predicted molar refractivity (Wildman–Crippen MR) is 127 cm³/mol. The van der Waals surface area contributed by atoms with Crippen molar-refractivity contribution in [2.45, 2.75) is 13.2 Å². The zero-order valence-electron chi connectivity index (χ0n) is 17.9. The van der Waals surface area contributed by atoms with Gasteiger partial charge in [-0.3, -0.25) is 9.98 Å². The van der Waals surface area contributed by atoms with Gasteiger partial charge >= 0.3 is 0 Å². The van der Waals surface area contributed by atoms with Gasteiger partial charge in [0.25, 0.3) is 0 Å². The van der Waals surface area contributed by atoms with E-state index in [0.29, 0.717) is 13.2 Å². The molecule has 0 unspecified atom stereocenters. The molecule has 6 heteroatoms. The second-order valence-corrected chi connectivity index (χ2v) is 7.71. The molecule has 2 heterocycles. The standard InChI is InChI=1S/C26H26N4O2/c1-2-4-22(18-32-24-11-7-20(8-12-24)26-29-15-16-30-26)21(3-1)17-31-23-9-5-19(6-10-23)25-27-13-14-28-25/h1-12H,13-18H2,(H,27,28)(H,29,30). The van der Waals surface area contributed by atoms with Gasteiger partial charge in [-0.15, -0.1) is 0 Å². The highest BCUT2D eigenvalue weighted by atomic mass is 16.5. The van der Waals surface area contributed by atoms with E-state index >= 15 is 0 Å². The molecular weight excluding hydrogens is 400 g/mol. The highest BCUT2D eigenvalue weighted by Crippen LogP contribution is 2.19.